The first kappa shape index (κ1) is 13.7. The van der Waals surface area contributed by atoms with E-state index in [0.29, 0.717) is 6.42 Å². The number of nitrogens with zero attached hydrogens (tertiary/aromatic N) is 6. The van der Waals surface area contributed by atoms with Gasteiger partial charge in [-0.25, -0.2) is 9.98 Å². The van der Waals surface area contributed by atoms with Gasteiger partial charge in [0.2, 0.25) is 11.2 Å². The average molecular weight is 317 g/mol. The third-order valence-electron chi connectivity index (χ3n) is 4.18. The van der Waals surface area contributed by atoms with E-state index in [1.807, 2.05) is 18.2 Å². The van der Waals surface area contributed by atoms with E-state index in [-0.39, 0.29) is 5.28 Å². The molecule has 0 spiro atoms. The number of benzene rings is 1. The van der Waals surface area contributed by atoms with Crippen LogP contribution in [0.1, 0.15) is 11.4 Å². The zero-order chi connectivity index (χ0) is 15.1. The Bertz CT molecular complexity index is 729. The Hall–Kier alpha value is -1.92. The summed E-state index contributed by atoms with van der Waals surface area (Å²) in [6, 6.07) is 8.16. The summed E-state index contributed by atoms with van der Waals surface area (Å²) in [6.07, 6.45) is 0.691. The lowest BCUT2D eigenvalue weighted by Gasteiger charge is -2.34. The van der Waals surface area contributed by atoms with Gasteiger partial charge in [0.25, 0.3) is 0 Å². The molecule has 2 aliphatic heterocycles. The van der Waals surface area contributed by atoms with Gasteiger partial charge >= 0.3 is 0 Å². The maximum atomic E-state index is 6.03. The highest BCUT2D eigenvalue weighted by Crippen LogP contribution is 2.26. The van der Waals surface area contributed by atoms with Crippen molar-refractivity contribution in [3.05, 3.63) is 40.9 Å². The van der Waals surface area contributed by atoms with Crippen molar-refractivity contribution in [2.75, 3.05) is 33.2 Å². The fourth-order valence-electron chi connectivity index (χ4n) is 2.90. The lowest BCUT2D eigenvalue weighted by atomic mass is 10.1. The molecule has 22 heavy (non-hydrogen) atoms. The summed E-state index contributed by atoms with van der Waals surface area (Å²) in [5, 5.41) is 4.63. The Morgan fingerprint density at radius 2 is 1.86 bits per heavy atom. The fraction of sp³-hybridized carbons (Fsp3) is 0.400. The molecular weight excluding hydrogens is 300 g/mol. The zero-order valence-corrected chi connectivity index (χ0v) is 13.2. The van der Waals surface area contributed by atoms with E-state index in [1.165, 1.54) is 0 Å². The fourth-order valence-corrected chi connectivity index (χ4v) is 3.07. The van der Waals surface area contributed by atoms with Gasteiger partial charge in [0, 0.05) is 32.6 Å². The van der Waals surface area contributed by atoms with Crippen LogP contribution < -0.4 is 0 Å². The number of hydrogen-bond donors (Lipinski definition) is 0. The minimum atomic E-state index is 0.274. The van der Waals surface area contributed by atoms with Crippen LogP contribution in [-0.4, -0.2) is 63.8 Å². The summed E-state index contributed by atoms with van der Waals surface area (Å²) in [6.45, 7) is 3.87. The second-order valence-electron chi connectivity index (χ2n) is 5.72. The molecule has 4 rings (SSSR count). The van der Waals surface area contributed by atoms with E-state index in [0.717, 1.165) is 49.2 Å². The molecule has 0 saturated carbocycles. The van der Waals surface area contributed by atoms with Crippen LogP contribution in [0.4, 0.5) is 5.69 Å². The topological polar surface area (TPSA) is 49.6 Å². The molecule has 0 amide bonds. The molecule has 0 bridgehead atoms. The van der Waals surface area contributed by atoms with Crippen molar-refractivity contribution in [2.45, 2.75) is 6.42 Å². The third kappa shape index (κ3) is 2.38. The number of piperazine rings is 1. The van der Waals surface area contributed by atoms with Crippen LogP contribution in [0.15, 0.2) is 29.3 Å². The van der Waals surface area contributed by atoms with Gasteiger partial charge in [-0.05, 0) is 30.3 Å². The monoisotopic (exact) mass is 316 g/mol. The first-order valence-electron chi connectivity index (χ1n) is 7.42. The van der Waals surface area contributed by atoms with Crippen LogP contribution in [0, 0.1) is 0 Å². The summed E-state index contributed by atoms with van der Waals surface area (Å²) < 4.78 is 1.80. The molecule has 3 heterocycles. The van der Waals surface area contributed by atoms with Crippen molar-refractivity contribution in [2.24, 2.45) is 4.99 Å². The highest BCUT2D eigenvalue weighted by atomic mass is 35.5. The number of para-hydroxylation sites is 1. The number of likely N-dealkylation sites (N-methyl/N-ethyl adjacent to an activating group) is 1. The summed E-state index contributed by atoms with van der Waals surface area (Å²) in [7, 11) is 2.14. The van der Waals surface area contributed by atoms with E-state index in [2.05, 4.69) is 33.0 Å². The second-order valence-corrected chi connectivity index (χ2v) is 6.05. The first-order valence-corrected chi connectivity index (χ1v) is 7.80. The zero-order valence-electron chi connectivity index (χ0n) is 12.4. The minimum absolute atomic E-state index is 0.274. The van der Waals surface area contributed by atoms with E-state index >= 15 is 0 Å². The molecule has 0 unspecified atom stereocenters. The summed E-state index contributed by atoms with van der Waals surface area (Å²) in [5.74, 6) is 1.67. The van der Waals surface area contributed by atoms with Crippen LogP contribution in [0.25, 0.3) is 0 Å². The smallest absolute Gasteiger partial charge is 0.243 e. The Labute approximate surface area is 134 Å². The summed E-state index contributed by atoms with van der Waals surface area (Å²) in [5.41, 5.74) is 2.14. The number of hydrogen-bond acceptors (Lipinski definition) is 5. The van der Waals surface area contributed by atoms with E-state index in [1.54, 1.807) is 4.68 Å². The third-order valence-corrected chi connectivity index (χ3v) is 4.34. The molecule has 0 atom stereocenters. The lowest BCUT2D eigenvalue weighted by Crippen LogP contribution is -2.49. The SMILES string of the molecule is CN1CCN(C2=Nc3ccccc3Cc3nc(Cl)nn32)CC1. The van der Waals surface area contributed by atoms with E-state index in [4.69, 9.17) is 16.6 Å². The molecule has 0 aliphatic carbocycles. The van der Waals surface area contributed by atoms with Gasteiger partial charge in [-0.3, -0.25) is 0 Å². The number of aliphatic imine (C=N–C) groups is 1. The highest BCUT2D eigenvalue weighted by molar-refractivity contribution is 6.28. The number of aromatic nitrogens is 3. The quantitative estimate of drug-likeness (QED) is 0.741. The van der Waals surface area contributed by atoms with Crippen LogP contribution in [-0.2, 0) is 6.42 Å². The molecular formula is C15H17ClN6. The Morgan fingerprint density at radius 3 is 2.68 bits per heavy atom. The molecule has 0 N–H and O–H groups in total. The Morgan fingerprint density at radius 1 is 1.09 bits per heavy atom. The molecule has 1 saturated heterocycles. The summed E-state index contributed by atoms with van der Waals surface area (Å²) in [4.78, 5) is 13.8. The lowest BCUT2D eigenvalue weighted by molar-refractivity contribution is 0.211. The molecule has 2 aliphatic rings. The van der Waals surface area contributed by atoms with Crippen LogP contribution in [0.3, 0.4) is 0 Å². The molecule has 1 aromatic carbocycles. The second kappa shape index (κ2) is 5.37. The molecule has 0 radical (unpaired) electrons. The van der Waals surface area contributed by atoms with Gasteiger partial charge in [0.05, 0.1) is 5.69 Å². The number of halogens is 1. The van der Waals surface area contributed by atoms with Crippen molar-refractivity contribution in [1.29, 1.82) is 0 Å². The van der Waals surface area contributed by atoms with E-state index in [9.17, 15) is 0 Å². The normalized spacial score (nSPS) is 18.5. The average Bonchev–Trinajstić information content (AvgIpc) is 2.80. The largest absolute Gasteiger partial charge is 0.338 e. The van der Waals surface area contributed by atoms with Gasteiger partial charge in [-0.1, -0.05) is 18.2 Å². The Balaban J connectivity index is 1.81. The van der Waals surface area contributed by atoms with Crippen molar-refractivity contribution >= 4 is 23.2 Å². The highest BCUT2D eigenvalue weighted by Gasteiger charge is 2.25. The first-order chi connectivity index (χ1) is 10.7. The van der Waals surface area contributed by atoms with Crippen LogP contribution >= 0.6 is 11.6 Å². The van der Waals surface area contributed by atoms with Gasteiger partial charge in [0.15, 0.2) is 0 Å². The van der Waals surface area contributed by atoms with E-state index < -0.39 is 0 Å². The van der Waals surface area contributed by atoms with Crippen LogP contribution in [0.2, 0.25) is 5.28 Å². The number of fused-ring (bicyclic) bond motifs is 2. The predicted molar refractivity (Wildman–Crippen MR) is 85.8 cm³/mol. The van der Waals surface area contributed by atoms with Crippen molar-refractivity contribution in [3.63, 3.8) is 0 Å². The standard InChI is InChI=1S/C15H17ClN6/c1-20-6-8-21(9-7-20)15-17-12-5-3-2-4-11(12)10-13-18-14(16)19-22(13)15/h2-5H,6-10H2,1H3. The molecule has 114 valence electrons. The summed E-state index contributed by atoms with van der Waals surface area (Å²) >= 11 is 6.03. The number of rotatable bonds is 0. The maximum absolute atomic E-state index is 6.03. The van der Waals surface area contributed by atoms with Crippen molar-refractivity contribution < 1.29 is 0 Å². The minimum Gasteiger partial charge on any atom is -0.338 e. The van der Waals surface area contributed by atoms with Gasteiger partial charge in [-0.15, -0.1) is 5.10 Å². The van der Waals surface area contributed by atoms with Crippen molar-refractivity contribution in [1.82, 2.24) is 24.6 Å². The molecule has 6 nitrogen and oxygen atoms in total. The Kier molecular flexibility index (Phi) is 3.35. The molecule has 7 heteroatoms. The van der Waals surface area contributed by atoms with Gasteiger partial charge in [-0.2, -0.15) is 4.68 Å². The van der Waals surface area contributed by atoms with Crippen molar-refractivity contribution in [3.8, 4) is 0 Å². The molecule has 2 aromatic rings. The van der Waals surface area contributed by atoms with Gasteiger partial charge in [0.1, 0.15) is 5.82 Å². The van der Waals surface area contributed by atoms with Gasteiger partial charge < -0.3 is 9.80 Å². The molecule has 1 aromatic heterocycles. The maximum Gasteiger partial charge on any atom is 0.243 e. The molecule has 1 fully saturated rings. The predicted octanol–water partition coefficient (Wildman–Crippen LogP) is 1.62. The van der Waals surface area contributed by atoms with Crippen LogP contribution in [0.5, 0.6) is 0 Å².